The van der Waals surface area contributed by atoms with Crippen molar-refractivity contribution < 1.29 is 0 Å². The Morgan fingerprint density at radius 1 is 1.30 bits per heavy atom. The summed E-state index contributed by atoms with van der Waals surface area (Å²) >= 11 is 6.29. The van der Waals surface area contributed by atoms with Gasteiger partial charge in [0.1, 0.15) is 0 Å². The van der Waals surface area contributed by atoms with Crippen molar-refractivity contribution in [1.29, 1.82) is 0 Å². The largest absolute Gasteiger partial charge is 0.330 e. The maximum atomic E-state index is 6.29. The van der Waals surface area contributed by atoms with Crippen LogP contribution in [0.1, 0.15) is 36.7 Å². The molecule has 0 radical (unpaired) electrons. The lowest BCUT2D eigenvalue weighted by atomic mass is 9.94. The summed E-state index contributed by atoms with van der Waals surface area (Å²) in [7, 11) is 0. The first-order valence-corrected chi connectivity index (χ1v) is 7.57. The molecule has 0 aliphatic rings. The lowest BCUT2D eigenvalue weighted by Gasteiger charge is -2.17. The van der Waals surface area contributed by atoms with Crippen LogP contribution in [0, 0.1) is 0 Å². The van der Waals surface area contributed by atoms with Crippen molar-refractivity contribution in [3.63, 3.8) is 0 Å². The molecular formula is C16H22ClN3. The molecule has 20 heavy (non-hydrogen) atoms. The maximum Gasteiger partial charge on any atom is 0.0624 e. The molecule has 0 saturated carbocycles. The minimum Gasteiger partial charge on any atom is -0.330 e. The van der Waals surface area contributed by atoms with E-state index in [4.69, 9.17) is 17.3 Å². The second-order valence-electron chi connectivity index (χ2n) is 4.95. The molecule has 1 heterocycles. The Bertz CT molecular complexity index is 563. The number of hydrogen-bond donors (Lipinski definition) is 1. The second-order valence-corrected chi connectivity index (χ2v) is 5.36. The third-order valence-electron chi connectivity index (χ3n) is 3.66. The number of benzene rings is 1. The van der Waals surface area contributed by atoms with Gasteiger partial charge in [-0.25, -0.2) is 0 Å². The Morgan fingerprint density at radius 2 is 2.05 bits per heavy atom. The summed E-state index contributed by atoms with van der Waals surface area (Å²) in [5.74, 6) is 0.232. The van der Waals surface area contributed by atoms with Gasteiger partial charge >= 0.3 is 0 Å². The highest BCUT2D eigenvalue weighted by molar-refractivity contribution is 6.31. The lowest BCUT2D eigenvalue weighted by Crippen LogP contribution is -2.17. The monoisotopic (exact) mass is 291 g/mol. The molecule has 2 aromatic rings. The molecule has 0 bridgehead atoms. The molecule has 108 valence electrons. The van der Waals surface area contributed by atoms with Crippen LogP contribution in [0.2, 0.25) is 5.02 Å². The van der Waals surface area contributed by atoms with E-state index in [-0.39, 0.29) is 5.92 Å². The summed E-state index contributed by atoms with van der Waals surface area (Å²) in [6.07, 6.45) is 1.83. The Morgan fingerprint density at radius 3 is 2.65 bits per heavy atom. The van der Waals surface area contributed by atoms with Crippen LogP contribution in [0.15, 0.2) is 30.3 Å². The first-order valence-electron chi connectivity index (χ1n) is 7.19. The van der Waals surface area contributed by atoms with E-state index in [2.05, 4.69) is 35.8 Å². The highest BCUT2D eigenvalue weighted by Crippen LogP contribution is 2.27. The van der Waals surface area contributed by atoms with Crippen molar-refractivity contribution in [2.75, 3.05) is 6.54 Å². The number of aromatic nitrogens is 2. The van der Waals surface area contributed by atoms with Crippen LogP contribution in [0.5, 0.6) is 0 Å². The molecule has 1 aromatic heterocycles. The number of hydrogen-bond acceptors (Lipinski definition) is 2. The summed E-state index contributed by atoms with van der Waals surface area (Å²) in [6, 6.07) is 10.1. The summed E-state index contributed by atoms with van der Waals surface area (Å²) in [5, 5.41) is 5.39. The molecule has 1 atom stereocenters. The average Bonchev–Trinajstić information content (AvgIpc) is 2.88. The minimum absolute atomic E-state index is 0.232. The third kappa shape index (κ3) is 3.22. The highest BCUT2D eigenvalue weighted by atomic mass is 35.5. The van der Waals surface area contributed by atoms with Crippen molar-refractivity contribution >= 4 is 11.6 Å². The van der Waals surface area contributed by atoms with Crippen molar-refractivity contribution in [2.45, 2.75) is 39.2 Å². The van der Waals surface area contributed by atoms with Gasteiger partial charge in [-0.2, -0.15) is 5.10 Å². The molecule has 1 unspecified atom stereocenters. The predicted octanol–water partition coefficient (Wildman–Crippen LogP) is 3.40. The Hall–Kier alpha value is -1.32. The summed E-state index contributed by atoms with van der Waals surface area (Å²) in [6.45, 7) is 5.71. The standard InChI is InChI=1S/C16H22ClN3/c1-3-13-10-14(20(4-2)19-13)9-12(11-18)15-7-5-6-8-16(15)17/h5-8,10,12H,3-4,9,11,18H2,1-2H3. The molecule has 0 spiro atoms. The van der Waals surface area contributed by atoms with E-state index in [1.165, 1.54) is 5.69 Å². The number of nitrogens with zero attached hydrogens (tertiary/aromatic N) is 2. The zero-order chi connectivity index (χ0) is 14.5. The summed E-state index contributed by atoms with van der Waals surface area (Å²) in [5.41, 5.74) is 9.46. The van der Waals surface area contributed by atoms with E-state index in [1.54, 1.807) is 0 Å². The molecule has 4 heteroatoms. The minimum atomic E-state index is 0.232. The summed E-state index contributed by atoms with van der Waals surface area (Å²) < 4.78 is 2.07. The van der Waals surface area contributed by atoms with E-state index in [1.807, 2.05) is 18.2 Å². The van der Waals surface area contributed by atoms with Gasteiger partial charge in [-0.1, -0.05) is 36.7 Å². The van der Waals surface area contributed by atoms with Crippen LogP contribution >= 0.6 is 11.6 Å². The maximum absolute atomic E-state index is 6.29. The van der Waals surface area contributed by atoms with Crippen LogP contribution in [0.25, 0.3) is 0 Å². The topological polar surface area (TPSA) is 43.8 Å². The zero-order valence-corrected chi connectivity index (χ0v) is 12.9. The smallest absolute Gasteiger partial charge is 0.0624 e. The van der Waals surface area contributed by atoms with Gasteiger partial charge in [-0.05, 0) is 44.0 Å². The van der Waals surface area contributed by atoms with Crippen LogP contribution < -0.4 is 5.73 Å². The molecule has 2 N–H and O–H groups in total. The van der Waals surface area contributed by atoms with E-state index in [0.717, 1.165) is 35.7 Å². The molecule has 0 fully saturated rings. The number of rotatable bonds is 6. The quantitative estimate of drug-likeness (QED) is 0.886. The van der Waals surface area contributed by atoms with Crippen LogP contribution in [-0.4, -0.2) is 16.3 Å². The molecular weight excluding hydrogens is 270 g/mol. The highest BCUT2D eigenvalue weighted by Gasteiger charge is 2.16. The van der Waals surface area contributed by atoms with Gasteiger partial charge in [0.25, 0.3) is 0 Å². The number of nitrogens with two attached hydrogens (primary N) is 1. The van der Waals surface area contributed by atoms with Gasteiger partial charge in [0.15, 0.2) is 0 Å². The fraction of sp³-hybridized carbons (Fsp3) is 0.438. The second kappa shape index (κ2) is 6.91. The summed E-state index contributed by atoms with van der Waals surface area (Å²) in [4.78, 5) is 0. The van der Waals surface area contributed by atoms with E-state index in [9.17, 15) is 0 Å². The van der Waals surface area contributed by atoms with E-state index >= 15 is 0 Å². The predicted molar refractivity (Wildman–Crippen MR) is 84.2 cm³/mol. The Balaban J connectivity index is 2.26. The third-order valence-corrected chi connectivity index (χ3v) is 4.01. The van der Waals surface area contributed by atoms with Crippen LogP contribution in [0.4, 0.5) is 0 Å². The first kappa shape index (κ1) is 15.1. The van der Waals surface area contributed by atoms with Gasteiger partial charge in [-0.3, -0.25) is 4.68 Å². The van der Waals surface area contributed by atoms with Gasteiger partial charge in [0.2, 0.25) is 0 Å². The van der Waals surface area contributed by atoms with Gasteiger partial charge in [0, 0.05) is 23.2 Å². The fourth-order valence-corrected chi connectivity index (χ4v) is 2.79. The Labute approximate surface area is 125 Å². The van der Waals surface area contributed by atoms with Crippen LogP contribution in [0.3, 0.4) is 0 Å². The number of halogens is 1. The van der Waals surface area contributed by atoms with E-state index in [0.29, 0.717) is 6.54 Å². The molecule has 3 nitrogen and oxygen atoms in total. The van der Waals surface area contributed by atoms with Gasteiger partial charge < -0.3 is 5.73 Å². The van der Waals surface area contributed by atoms with Gasteiger partial charge in [0.05, 0.1) is 5.69 Å². The first-order chi connectivity index (χ1) is 9.69. The van der Waals surface area contributed by atoms with Crippen molar-refractivity contribution in [1.82, 2.24) is 9.78 Å². The van der Waals surface area contributed by atoms with Crippen LogP contribution in [-0.2, 0) is 19.4 Å². The van der Waals surface area contributed by atoms with Crippen molar-refractivity contribution in [2.24, 2.45) is 5.73 Å². The number of aryl methyl sites for hydroxylation is 2. The van der Waals surface area contributed by atoms with Crippen molar-refractivity contribution in [3.05, 3.63) is 52.3 Å². The molecule has 0 aliphatic carbocycles. The van der Waals surface area contributed by atoms with Gasteiger partial charge in [-0.15, -0.1) is 0 Å². The lowest BCUT2D eigenvalue weighted by molar-refractivity contribution is 0.581. The van der Waals surface area contributed by atoms with Crippen molar-refractivity contribution in [3.8, 4) is 0 Å². The molecule has 1 aromatic carbocycles. The molecule has 0 amide bonds. The SMILES string of the molecule is CCc1cc(CC(CN)c2ccccc2Cl)n(CC)n1. The molecule has 0 saturated heterocycles. The fourth-order valence-electron chi connectivity index (χ4n) is 2.50. The molecule has 2 rings (SSSR count). The average molecular weight is 292 g/mol. The molecule has 0 aliphatic heterocycles. The van der Waals surface area contributed by atoms with E-state index < -0.39 is 0 Å². The zero-order valence-electron chi connectivity index (χ0n) is 12.1. The Kier molecular flexibility index (Phi) is 5.21. The normalized spacial score (nSPS) is 12.6.